The van der Waals surface area contributed by atoms with Gasteiger partial charge in [-0.25, -0.2) is 13.1 Å². The Labute approximate surface area is 147 Å². The fourth-order valence-electron chi connectivity index (χ4n) is 3.05. The van der Waals surface area contributed by atoms with E-state index in [4.69, 9.17) is 0 Å². The Kier molecular flexibility index (Phi) is 5.39. The summed E-state index contributed by atoms with van der Waals surface area (Å²) in [6.07, 6.45) is 2.58. The highest BCUT2D eigenvalue weighted by atomic mass is 32.2. The van der Waals surface area contributed by atoms with E-state index >= 15 is 0 Å². The molecule has 6 nitrogen and oxygen atoms in total. The molecule has 1 N–H and O–H groups in total. The lowest BCUT2D eigenvalue weighted by Crippen LogP contribution is -2.39. The molecule has 3 rings (SSSR count). The minimum Gasteiger partial charge on any atom is -0.290 e. The number of hydrogen-bond donors (Lipinski definition) is 1. The van der Waals surface area contributed by atoms with Crippen molar-refractivity contribution in [2.45, 2.75) is 39.4 Å². The number of nitrogens with one attached hydrogen (secondary N) is 1. The smallest absolute Gasteiger partial charge is 0.211 e. The molecular formula is C16H24N4O2S2. The Morgan fingerprint density at radius 1 is 1.42 bits per heavy atom. The van der Waals surface area contributed by atoms with E-state index in [1.54, 1.807) is 18.3 Å². The van der Waals surface area contributed by atoms with Crippen molar-refractivity contribution in [3.8, 4) is 0 Å². The average Bonchev–Trinajstić information content (AvgIpc) is 3.17. The highest BCUT2D eigenvalue weighted by Crippen LogP contribution is 2.26. The monoisotopic (exact) mass is 368 g/mol. The largest absolute Gasteiger partial charge is 0.290 e. The van der Waals surface area contributed by atoms with Crippen LogP contribution >= 0.6 is 11.3 Å². The molecule has 0 aromatic carbocycles. The van der Waals surface area contributed by atoms with Crippen molar-refractivity contribution >= 4 is 21.4 Å². The Balaban J connectivity index is 1.66. The summed E-state index contributed by atoms with van der Waals surface area (Å²) in [5.74, 6) is 0.120. The molecule has 0 fully saturated rings. The summed E-state index contributed by atoms with van der Waals surface area (Å²) in [5.41, 5.74) is 2.53. The van der Waals surface area contributed by atoms with Crippen molar-refractivity contribution in [1.29, 1.82) is 0 Å². The van der Waals surface area contributed by atoms with Crippen LogP contribution in [0.25, 0.3) is 0 Å². The van der Waals surface area contributed by atoms with Crippen LogP contribution < -0.4 is 4.72 Å². The number of aryl methyl sites for hydroxylation is 1. The van der Waals surface area contributed by atoms with Gasteiger partial charge in [-0.3, -0.25) is 9.58 Å². The summed E-state index contributed by atoms with van der Waals surface area (Å²) < 4.78 is 27.9. The SMILES string of the molecule is CCS(=O)(=O)NCC[C@@H]1CN(Cc2sccc2C)Cc2ccnn21. The van der Waals surface area contributed by atoms with Crippen LogP contribution in [0.3, 0.4) is 0 Å². The van der Waals surface area contributed by atoms with Crippen LogP contribution in [0.5, 0.6) is 0 Å². The lowest BCUT2D eigenvalue weighted by atomic mass is 10.1. The third-order valence-electron chi connectivity index (χ3n) is 4.47. The molecule has 0 radical (unpaired) electrons. The predicted molar refractivity (Wildman–Crippen MR) is 96.5 cm³/mol. The molecule has 3 heterocycles. The summed E-state index contributed by atoms with van der Waals surface area (Å²) in [4.78, 5) is 3.82. The molecule has 1 aliphatic heterocycles. The van der Waals surface area contributed by atoms with E-state index in [9.17, 15) is 8.42 Å². The second-order valence-corrected chi connectivity index (χ2v) is 9.30. The zero-order chi connectivity index (χ0) is 17.2. The Bertz CT molecular complexity index is 782. The van der Waals surface area contributed by atoms with Gasteiger partial charge in [-0.1, -0.05) is 0 Å². The third kappa shape index (κ3) is 4.05. The van der Waals surface area contributed by atoms with E-state index < -0.39 is 10.0 Å². The summed E-state index contributed by atoms with van der Waals surface area (Å²) in [7, 11) is -3.14. The first-order valence-corrected chi connectivity index (χ1v) is 10.8. The van der Waals surface area contributed by atoms with E-state index in [0.717, 1.165) is 26.1 Å². The van der Waals surface area contributed by atoms with Crippen molar-refractivity contribution in [2.75, 3.05) is 18.8 Å². The first-order chi connectivity index (χ1) is 11.5. The number of nitrogens with zero attached hydrogens (tertiary/aromatic N) is 3. The van der Waals surface area contributed by atoms with Gasteiger partial charge in [-0.2, -0.15) is 5.10 Å². The number of fused-ring (bicyclic) bond motifs is 1. The van der Waals surface area contributed by atoms with Crippen molar-refractivity contribution in [2.24, 2.45) is 0 Å². The summed E-state index contributed by atoms with van der Waals surface area (Å²) in [5, 5.41) is 6.57. The molecule has 0 spiro atoms. The van der Waals surface area contributed by atoms with E-state index in [1.165, 1.54) is 16.1 Å². The fourth-order valence-corrected chi connectivity index (χ4v) is 4.63. The van der Waals surface area contributed by atoms with E-state index in [-0.39, 0.29) is 11.8 Å². The first kappa shape index (κ1) is 17.6. The van der Waals surface area contributed by atoms with E-state index in [2.05, 4.69) is 43.8 Å². The molecule has 0 bridgehead atoms. The topological polar surface area (TPSA) is 67.2 Å². The second-order valence-electron chi connectivity index (χ2n) is 6.20. The fraction of sp³-hybridized carbons (Fsp3) is 0.562. The first-order valence-electron chi connectivity index (χ1n) is 8.23. The van der Waals surface area contributed by atoms with Gasteiger partial charge in [0.25, 0.3) is 0 Å². The van der Waals surface area contributed by atoms with Crippen LogP contribution in [0.1, 0.15) is 35.5 Å². The van der Waals surface area contributed by atoms with E-state index in [0.29, 0.717) is 6.54 Å². The molecule has 132 valence electrons. The number of sulfonamides is 1. The van der Waals surface area contributed by atoms with Crippen molar-refractivity contribution in [1.82, 2.24) is 19.4 Å². The molecule has 8 heteroatoms. The minimum absolute atomic E-state index is 0.120. The lowest BCUT2D eigenvalue weighted by Gasteiger charge is -2.34. The Morgan fingerprint density at radius 3 is 2.96 bits per heavy atom. The zero-order valence-electron chi connectivity index (χ0n) is 14.1. The molecule has 0 saturated heterocycles. The maximum atomic E-state index is 11.6. The molecule has 0 aliphatic carbocycles. The van der Waals surface area contributed by atoms with Crippen molar-refractivity contribution in [3.05, 3.63) is 39.8 Å². The van der Waals surface area contributed by atoms with Crippen LogP contribution in [0.15, 0.2) is 23.7 Å². The van der Waals surface area contributed by atoms with E-state index in [1.807, 2.05) is 6.20 Å². The quantitative estimate of drug-likeness (QED) is 0.813. The number of aromatic nitrogens is 2. The zero-order valence-corrected chi connectivity index (χ0v) is 15.7. The van der Waals surface area contributed by atoms with Gasteiger partial charge in [-0.15, -0.1) is 11.3 Å². The van der Waals surface area contributed by atoms with Crippen LogP contribution in [-0.2, 0) is 23.1 Å². The normalized spacial score (nSPS) is 18.7. The molecular weight excluding hydrogens is 344 g/mol. The van der Waals surface area contributed by atoms with Gasteiger partial charge in [0.1, 0.15) is 0 Å². The number of thiophene rings is 1. The molecule has 0 amide bonds. The van der Waals surface area contributed by atoms with Crippen molar-refractivity contribution in [3.63, 3.8) is 0 Å². The van der Waals surface area contributed by atoms with Crippen molar-refractivity contribution < 1.29 is 8.42 Å². The highest BCUT2D eigenvalue weighted by Gasteiger charge is 2.26. The van der Waals surface area contributed by atoms with Crippen LogP contribution in [-0.4, -0.2) is 41.9 Å². The molecule has 2 aromatic rings. The third-order valence-corrected chi connectivity index (χ3v) is 6.88. The molecule has 2 aromatic heterocycles. The maximum absolute atomic E-state index is 11.6. The van der Waals surface area contributed by atoms with Gasteiger partial charge >= 0.3 is 0 Å². The molecule has 24 heavy (non-hydrogen) atoms. The van der Waals surface area contributed by atoms with Gasteiger partial charge in [0, 0.05) is 37.3 Å². The standard InChI is InChI=1S/C16H24N4O2S2/c1-3-24(21,22)18-8-5-15-11-19(10-14-4-7-17-20(14)15)12-16-13(2)6-9-23-16/h4,6-7,9,15,18H,3,5,8,10-12H2,1-2H3/t15-/m1/s1. The average molecular weight is 369 g/mol. The minimum atomic E-state index is -3.14. The predicted octanol–water partition coefficient (Wildman–Crippen LogP) is 2.14. The Morgan fingerprint density at radius 2 is 2.25 bits per heavy atom. The summed E-state index contributed by atoms with van der Waals surface area (Å²) >= 11 is 1.80. The summed E-state index contributed by atoms with van der Waals surface area (Å²) in [6.45, 7) is 6.96. The number of rotatable bonds is 7. The van der Waals surface area contributed by atoms with Gasteiger partial charge < -0.3 is 0 Å². The molecule has 1 atom stereocenters. The van der Waals surface area contributed by atoms with Gasteiger partial charge in [0.05, 0.1) is 17.5 Å². The highest BCUT2D eigenvalue weighted by molar-refractivity contribution is 7.89. The van der Waals surface area contributed by atoms with Crippen LogP contribution in [0.2, 0.25) is 0 Å². The number of hydrogen-bond acceptors (Lipinski definition) is 5. The Hall–Kier alpha value is -1.22. The molecule has 0 saturated carbocycles. The van der Waals surface area contributed by atoms with Crippen LogP contribution in [0, 0.1) is 6.92 Å². The lowest BCUT2D eigenvalue weighted by molar-refractivity contribution is 0.163. The van der Waals surface area contributed by atoms with Gasteiger partial charge in [-0.05, 0) is 43.3 Å². The van der Waals surface area contributed by atoms with Gasteiger partial charge in [0.15, 0.2) is 0 Å². The molecule has 0 unspecified atom stereocenters. The molecule has 1 aliphatic rings. The summed E-state index contributed by atoms with van der Waals surface area (Å²) in [6, 6.07) is 4.41. The maximum Gasteiger partial charge on any atom is 0.211 e. The van der Waals surface area contributed by atoms with Gasteiger partial charge in [0.2, 0.25) is 10.0 Å². The second kappa shape index (κ2) is 7.35. The van der Waals surface area contributed by atoms with Crippen LogP contribution in [0.4, 0.5) is 0 Å².